The number of amides is 2. The number of methoxy groups -OCH3 is 1. The Bertz CT molecular complexity index is 891. The van der Waals surface area contributed by atoms with Gasteiger partial charge in [-0.15, -0.1) is 0 Å². The van der Waals surface area contributed by atoms with Gasteiger partial charge in [-0.1, -0.05) is 12.1 Å². The molecule has 0 unspecified atom stereocenters. The molecule has 0 radical (unpaired) electrons. The first-order valence-corrected chi connectivity index (χ1v) is 9.91. The third kappa shape index (κ3) is 3.92. The molecule has 154 valence electrons. The Morgan fingerprint density at radius 3 is 2.79 bits per heavy atom. The maximum atomic E-state index is 13.9. The maximum Gasteiger partial charge on any atom is 0.320 e. The van der Waals surface area contributed by atoms with E-state index in [4.69, 9.17) is 4.74 Å². The molecule has 1 aromatic carbocycles. The summed E-state index contributed by atoms with van der Waals surface area (Å²) in [4.78, 5) is 23.2. The summed E-state index contributed by atoms with van der Waals surface area (Å²) in [5, 5.41) is 0. The fourth-order valence-corrected chi connectivity index (χ4v) is 4.74. The number of hydrogen-bond acceptors (Lipinski definition) is 4. The van der Waals surface area contributed by atoms with Gasteiger partial charge >= 0.3 is 6.03 Å². The second kappa shape index (κ2) is 7.99. The molecular formula is C22H27FN4O2. The topological polar surface area (TPSA) is 48.9 Å². The Kier molecular flexibility index (Phi) is 5.41. The second-order valence-electron chi connectivity index (χ2n) is 8.13. The number of rotatable bonds is 4. The van der Waals surface area contributed by atoms with E-state index in [2.05, 4.69) is 9.88 Å². The Labute approximate surface area is 170 Å². The lowest BCUT2D eigenvalue weighted by Crippen LogP contribution is -2.41. The predicted octanol–water partition coefficient (Wildman–Crippen LogP) is 3.02. The summed E-state index contributed by atoms with van der Waals surface area (Å²) < 4.78 is 19.2. The first-order chi connectivity index (χ1) is 14.0. The van der Waals surface area contributed by atoms with E-state index in [-0.39, 0.29) is 23.8 Å². The van der Waals surface area contributed by atoms with Gasteiger partial charge in [0, 0.05) is 58.5 Å². The van der Waals surface area contributed by atoms with E-state index in [1.54, 1.807) is 44.4 Å². The summed E-state index contributed by atoms with van der Waals surface area (Å²) in [7, 11) is 5.18. The third-order valence-electron chi connectivity index (χ3n) is 5.97. The highest BCUT2D eigenvalue weighted by Crippen LogP contribution is 2.45. The van der Waals surface area contributed by atoms with Crippen molar-refractivity contribution in [2.45, 2.75) is 12.6 Å². The lowest BCUT2D eigenvalue weighted by atomic mass is 9.89. The van der Waals surface area contributed by atoms with Crippen molar-refractivity contribution in [2.24, 2.45) is 11.8 Å². The minimum atomic E-state index is -0.265. The van der Waals surface area contributed by atoms with Crippen LogP contribution >= 0.6 is 0 Å². The number of nitrogens with zero attached hydrogens (tertiary/aromatic N) is 4. The molecule has 0 aliphatic carbocycles. The van der Waals surface area contributed by atoms with Crippen LogP contribution in [-0.4, -0.2) is 66.6 Å². The monoisotopic (exact) mass is 398 g/mol. The maximum absolute atomic E-state index is 13.9. The smallest absolute Gasteiger partial charge is 0.320 e. The molecule has 6 nitrogen and oxygen atoms in total. The van der Waals surface area contributed by atoms with E-state index in [0.717, 1.165) is 36.6 Å². The van der Waals surface area contributed by atoms with Gasteiger partial charge in [-0.25, -0.2) is 9.18 Å². The third-order valence-corrected chi connectivity index (χ3v) is 5.97. The van der Waals surface area contributed by atoms with Gasteiger partial charge in [0.1, 0.15) is 11.6 Å². The number of carbonyl (C=O) groups is 1. The molecule has 1 aromatic heterocycles. The van der Waals surface area contributed by atoms with Crippen LogP contribution in [0.2, 0.25) is 0 Å². The minimum absolute atomic E-state index is 0.0188. The van der Waals surface area contributed by atoms with Crippen LogP contribution in [0.4, 0.5) is 9.18 Å². The SMILES string of the molecule is COc1ccnc(CN2C[C@@H]3CN(C(=O)N(C)C)[C@H](c4cccc(F)c4)[C@@H]3C2)c1. The number of fused-ring (bicyclic) bond motifs is 1. The van der Waals surface area contributed by atoms with Crippen LogP contribution in [0, 0.1) is 17.7 Å². The fourth-order valence-electron chi connectivity index (χ4n) is 4.74. The highest BCUT2D eigenvalue weighted by molar-refractivity contribution is 5.75. The zero-order valence-corrected chi connectivity index (χ0v) is 17.1. The van der Waals surface area contributed by atoms with Gasteiger partial charge in [0.2, 0.25) is 0 Å². The van der Waals surface area contributed by atoms with Crippen LogP contribution in [0.3, 0.4) is 0 Å². The van der Waals surface area contributed by atoms with E-state index < -0.39 is 0 Å². The molecule has 4 rings (SSSR count). The van der Waals surface area contributed by atoms with Crippen LogP contribution in [0.15, 0.2) is 42.6 Å². The summed E-state index contributed by atoms with van der Waals surface area (Å²) in [6, 6.07) is 10.3. The van der Waals surface area contributed by atoms with Crippen molar-refractivity contribution in [3.63, 3.8) is 0 Å². The molecule has 29 heavy (non-hydrogen) atoms. The second-order valence-corrected chi connectivity index (χ2v) is 8.13. The minimum Gasteiger partial charge on any atom is -0.497 e. The standard InChI is InChI=1S/C22H27FN4O2/c1-25(2)22(28)27-12-16-11-26(13-18-10-19(29-3)7-8-24-18)14-20(16)21(27)15-5-4-6-17(23)9-15/h4-10,16,20-21H,11-14H2,1-3H3/t16-,20-,21-/m1/s1. The Morgan fingerprint density at radius 1 is 1.24 bits per heavy atom. The normalized spacial score (nSPS) is 23.9. The van der Waals surface area contributed by atoms with Crippen molar-refractivity contribution in [2.75, 3.05) is 40.8 Å². The molecular weight excluding hydrogens is 371 g/mol. The number of halogens is 1. The molecule has 2 aromatic rings. The molecule has 0 bridgehead atoms. The number of aromatic nitrogens is 1. The van der Waals surface area contributed by atoms with Crippen LogP contribution < -0.4 is 4.74 Å². The summed E-state index contributed by atoms with van der Waals surface area (Å²) in [6.45, 7) is 3.17. The highest BCUT2D eigenvalue weighted by atomic mass is 19.1. The number of benzene rings is 1. The summed E-state index contributed by atoms with van der Waals surface area (Å²) in [5.41, 5.74) is 1.84. The zero-order chi connectivity index (χ0) is 20.5. The fraction of sp³-hybridized carbons (Fsp3) is 0.455. The van der Waals surface area contributed by atoms with Gasteiger partial charge in [-0.05, 0) is 29.7 Å². The van der Waals surface area contributed by atoms with Gasteiger partial charge in [-0.2, -0.15) is 0 Å². The Hall–Kier alpha value is -2.67. The Morgan fingerprint density at radius 2 is 2.07 bits per heavy atom. The lowest BCUT2D eigenvalue weighted by molar-refractivity contribution is 0.151. The van der Waals surface area contributed by atoms with Crippen LogP contribution in [0.5, 0.6) is 5.75 Å². The van der Waals surface area contributed by atoms with E-state index in [1.165, 1.54) is 6.07 Å². The van der Waals surface area contributed by atoms with Gasteiger partial charge in [0.05, 0.1) is 18.8 Å². The van der Waals surface area contributed by atoms with Gasteiger partial charge in [-0.3, -0.25) is 9.88 Å². The first-order valence-electron chi connectivity index (χ1n) is 9.91. The number of urea groups is 1. The van der Waals surface area contributed by atoms with Gasteiger partial charge < -0.3 is 14.5 Å². The first kappa shape index (κ1) is 19.6. The van der Waals surface area contributed by atoms with E-state index in [0.29, 0.717) is 12.5 Å². The van der Waals surface area contributed by atoms with Crippen molar-refractivity contribution in [1.29, 1.82) is 0 Å². The van der Waals surface area contributed by atoms with Crippen LogP contribution in [0.1, 0.15) is 17.3 Å². The number of likely N-dealkylation sites (tertiary alicyclic amines) is 2. The van der Waals surface area contributed by atoms with Crippen molar-refractivity contribution in [3.05, 3.63) is 59.7 Å². The van der Waals surface area contributed by atoms with Crippen molar-refractivity contribution in [1.82, 2.24) is 19.7 Å². The molecule has 0 N–H and O–H groups in total. The number of hydrogen-bond donors (Lipinski definition) is 0. The number of carbonyl (C=O) groups excluding carboxylic acids is 1. The zero-order valence-electron chi connectivity index (χ0n) is 17.1. The van der Waals surface area contributed by atoms with E-state index in [9.17, 15) is 9.18 Å². The average Bonchev–Trinajstić information content (AvgIpc) is 3.24. The summed E-state index contributed by atoms with van der Waals surface area (Å²) in [5.74, 6) is 1.16. The van der Waals surface area contributed by atoms with Crippen molar-refractivity contribution in [3.8, 4) is 5.75 Å². The largest absolute Gasteiger partial charge is 0.497 e. The highest BCUT2D eigenvalue weighted by Gasteiger charge is 2.49. The predicted molar refractivity (Wildman–Crippen MR) is 108 cm³/mol. The van der Waals surface area contributed by atoms with E-state index >= 15 is 0 Å². The van der Waals surface area contributed by atoms with Gasteiger partial charge in [0.25, 0.3) is 0 Å². The van der Waals surface area contributed by atoms with Crippen LogP contribution in [-0.2, 0) is 6.54 Å². The van der Waals surface area contributed by atoms with Crippen molar-refractivity contribution >= 4 is 6.03 Å². The molecule has 2 aliphatic rings. The van der Waals surface area contributed by atoms with Gasteiger partial charge in [0.15, 0.2) is 0 Å². The molecule has 0 spiro atoms. The number of ether oxygens (including phenoxy) is 1. The van der Waals surface area contributed by atoms with Crippen LogP contribution in [0.25, 0.3) is 0 Å². The van der Waals surface area contributed by atoms with E-state index in [1.807, 2.05) is 23.1 Å². The molecule has 2 amide bonds. The molecule has 2 aliphatic heterocycles. The molecule has 2 fully saturated rings. The molecule has 7 heteroatoms. The number of pyridine rings is 1. The molecule has 3 atom stereocenters. The van der Waals surface area contributed by atoms with Crippen molar-refractivity contribution < 1.29 is 13.9 Å². The molecule has 3 heterocycles. The molecule has 2 saturated heterocycles. The Balaban J connectivity index is 1.56. The molecule has 0 saturated carbocycles. The quantitative estimate of drug-likeness (QED) is 0.795. The lowest BCUT2D eigenvalue weighted by Gasteiger charge is -2.31. The summed E-state index contributed by atoms with van der Waals surface area (Å²) in [6.07, 6.45) is 1.76. The average molecular weight is 398 g/mol. The summed E-state index contributed by atoms with van der Waals surface area (Å²) >= 11 is 0.